The van der Waals surface area contributed by atoms with E-state index in [1.54, 1.807) is 0 Å². The van der Waals surface area contributed by atoms with Crippen molar-refractivity contribution in [2.45, 2.75) is 44.6 Å². The number of nitrogens with one attached hydrogen (secondary N) is 1. The van der Waals surface area contributed by atoms with Gasteiger partial charge in [0.1, 0.15) is 0 Å². The molecule has 3 nitrogen and oxygen atoms in total. The average molecular weight is 325 g/mol. The van der Waals surface area contributed by atoms with Crippen LogP contribution < -0.4 is 11.1 Å². The summed E-state index contributed by atoms with van der Waals surface area (Å²) < 4.78 is 0.959. The van der Waals surface area contributed by atoms with Crippen LogP contribution >= 0.6 is 15.9 Å². The average Bonchev–Trinajstić information content (AvgIpc) is 2.40. The minimum absolute atomic E-state index is 0.0331. The van der Waals surface area contributed by atoms with Gasteiger partial charge in [-0.2, -0.15) is 0 Å². The van der Waals surface area contributed by atoms with Crippen LogP contribution in [0.3, 0.4) is 0 Å². The second-order valence-corrected chi connectivity index (χ2v) is 6.37. The molecule has 1 amide bonds. The standard InChI is InChI=1S/C15H21BrN2O/c1-11-12(6-5-7-13(11)16)14(19)18-10-15(17)8-3-2-4-9-15/h5-7H,2-4,8-10,17H2,1H3,(H,18,19). The Labute approximate surface area is 123 Å². The molecule has 0 radical (unpaired) electrons. The molecule has 104 valence electrons. The molecule has 0 saturated heterocycles. The molecular formula is C15H21BrN2O. The van der Waals surface area contributed by atoms with Gasteiger partial charge in [-0.05, 0) is 37.5 Å². The molecule has 1 aromatic rings. The molecule has 19 heavy (non-hydrogen) atoms. The highest BCUT2D eigenvalue weighted by atomic mass is 79.9. The van der Waals surface area contributed by atoms with Gasteiger partial charge in [-0.25, -0.2) is 0 Å². The molecule has 1 fully saturated rings. The lowest BCUT2D eigenvalue weighted by Crippen LogP contribution is -2.51. The van der Waals surface area contributed by atoms with E-state index in [1.165, 1.54) is 19.3 Å². The predicted octanol–water partition coefficient (Wildman–Crippen LogP) is 3.15. The summed E-state index contributed by atoms with van der Waals surface area (Å²) in [6.45, 7) is 2.51. The number of carbonyl (C=O) groups is 1. The molecular weight excluding hydrogens is 304 g/mol. The molecule has 0 heterocycles. The van der Waals surface area contributed by atoms with Gasteiger partial charge >= 0.3 is 0 Å². The van der Waals surface area contributed by atoms with Crippen molar-refractivity contribution in [1.29, 1.82) is 0 Å². The highest BCUT2D eigenvalue weighted by Crippen LogP contribution is 2.25. The van der Waals surface area contributed by atoms with Gasteiger partial charge in [0.2, 0.25) is 0 Å². The first-order valence-electron chi connectivity index (χ1n) is 6.84. The van der Waals surface area contributed by atoms with E-state index >= 15 is 0 Å². The summed E-state index contributed by atoms with van der Waals surface area (Å²) in [6, 6.07) is 5.67. The second-order valence-electron chi connectivity index (χ2n) is 5.52. The predicted molar refractivity (Wildman–Crippen MR) is 81.2 cm³/mol. The Hall–Kier alpha value is -0.870. The van der Waals surface area contributed by atoms with Crippen molar-refractivity contribution in [2.24, 2.45) is 5.73 Å². The number of nitrogens with two attached hydrogens (primary N) is 1. The van der Waals surface area contributed by atoms with E-state index in [1.807, 2.05) is 25.1 Å². The van der Waals surface area contributed by atoms with E-state index in [2.05, 4.69) is 21.2 Å². The minimum Gasteiger partial charge on any atom is -0.350 e. The highest BCUT2D eigenvalue weighted by molar-refractivity contribution is 9.10. The smallest absolute Gasteiger partial charge is 0.251 e. The SMILES string of the molecule is Cc1c(Br)cccc1C(=O)NCC1(N)CCCCC1. The number of amides is 1. The van der Waals surface area contributed by atoms with Crippen LogP contribution in [-0.4, -0.2) is 18.0 Å². The van der Waals surface area contributed by atoms with Crippen molar-refractivity contribution >= 4 is 21.8 Å². The quantitative estimate of drug-likeness (QED) is 0.897. The molecule has 2 rings (SSSR count). The van der Waals surface area contributed by atoms with Gasteiger partial charge in [0.25, 0.3) is 5.91 Å². The van der Waals surface area contributed by atoms with Crippen molar-refractivity contribution < 1.29 is 4.79 Å². The van der Waals surface area contributed by atoms with E-state index < -0.39 is 0 Å². The van der Waals surface area contributed by atoms with Crippen LogP contribution in [0.5, 0.6) is 0 Å². The lowest BCUT2D eigenvalue weighted by Gasteiger charge is -2.33. The number of hydrogen-bond acceptors (Lipinski definition) is 2. The molecule has 1 aromatic carbocycles. The summed E-state index contributed by atoms with van der Waals surface area (Å²) in [5.41, 5.74) is 7.80. The first-order chi connectivity index (χ1) is 9.02. The van der Waals surface area contributed by atoms with E-state index in [4.69, 9.17) is 5.73 Å². The van der Waals surface area contributed by atoms with Gasteiger partial charge in [-0.15, -0.1) is 0 Å². The van der Waals surface area contributed by atoms with Crippen LogP contribution in [0.2, 0.25) is 0 Å². The molecule has 1 saturated carbocycles. The fourth-order valence-electron chi connectivity index (χ4n) is 2.64. The third-order valence-electron chi connectivity index (χ3n) is 3.96. The molecule has 3 N–H and O–H groups in total. The second kappa shape index (κ2) is 6.06. The Morgan fingerprint density at radius 2 is 2.05 bits per heavy atom. The Bertz CT molecular complexity index is 467. The van der Waals surface area contributed by atoms with Gasteiger partial charge in [-0.3, -0.25) is 4.79 Å². The summed E-state index contributed by atoms with van der Waals surface area (Å²) in [7, 11) is 0. The summed E-state index contributed by atoms with van der Waals surface area (Å²) in [5, 5.41) is 2.99. The van der Waals surface area contributed by atoms with Crippen molar-refractivity contribution in [3.05, 3.63) is 33.8 Å². The van der Waals surface area contributed by atoms with Gasteiger partial charge in [-0.1, -0.05) is 41.3 Å². The molecule has 0 aromatic heterocycles. The topological polar surface area (TPSA) is 55.1 Å². The maximum Gasteiger partial charge on any atom is 0.251 e. The first-order valence-corrected chi connectivity index (χ1v) is 7.63. The highest BCUT2D eigenvalue weighted by Gasteiger charge is 2.28. The molecule has 0 aliphatic heterocycles. The third kappa shape index (κ3) is 3.57. The van der Waals surface area contributed by atoms with Crippen LogP contribution in [-0.2, 0) is 0 Å². The van der Waals surface area contributed by atoms with Crippen LogP contribution in [0.15, 0.2) is 22.7 Å². The number of carbonyl (C=O) groups excluding carboxylic acids is 1. The van der Waals surface area contributed by atoms with Gasteiger partial charge < -0.3 is 11.1 Å². The number of rotatable bonds is 3. The molecule has 0 atom stereocenters. The molecule has 0 spiro atoms. The van der Waals surface area contributed by atoms with E-state index in [-0.39, 0.29) is 11.4 Å². The first kappa shape index (κ1) is 14.5. The fourth-order valence-corrected chi connectivity index (χ4v) is 3.00. The molecule has 0 unspecified atom stereocenters. The Morgan fingerprint density at radius 3 is 2.74 bits per heavy atom. The van der Waals surface area contributed by atoms with E-state index in [0.717, 1.165) is 22.9 Å². The monoisotopic (exact) mass is 324 g/mol. The summed E-state index contributed by atoms with van der Waals surface area (Å²) in [5.74, 6) is -0.0331. The van der Waals surface area contributed by atoms with E-state index in [9.17, 15) is 4.79 Å². The fraction of sp³-hybridized carbons (Fsp3) is 0.533. The molecule has 4 heteroatoms. The Morgan fingerprint density at radius 1 is 1.37 bits per heavy atom. The Balaban J connectivity index is 1.99. The van der Waals surface area contributed by atoms with Crippen LogP contribution in [0, 0.1) is 6.92 Å². The summed E-state index contributed by atoms with van der Waals surface area (Å²) in [4.78, 5) is 12.2. The largest absolute Gasteiger partial charge is 0.350 e. The summed E-state index contributed by atoms with van der Waals surface area (Å²) >= 11 is 3.45. The van der Waals surface area contributed by atoms with Crippen LogP contribution in [0.1, 0.15) is 48.0 Å². The van der Waals surface area contributed by atoms with Crippen LogP contribution in [0.25, 0.3) is 0 Å². The molecule has 1 aliphatic carbocycles. The molecule has 1 aliphatic rings. The number of benzene rings is 1. The number of halogens is 1. The van der Waals surface area contributed by atoms with Crippen molar-refractivity contribution in [3.8, 4) is 0 Å². The number of hydrogen-bond donors (Lipinski definition) is 2. The Kier molecular flexibility index (Phi) is 4.63. The maximum absolute atomic E-state index is 12.2. The third-order valence-corrected chi connectivity index (χ3v) is 4.82. The lowest BCUT2D eigenvalue weighted by molar-refractivity contribution is 0.0937. The zero-order valence-electron chi connectivity index (χ0n) is 11.3. The van der Waals surface area contributed by atoms with Gasteiger partial charge in [0.15, 0.2) is 0 Å². The van der Waals surface area contributed by atoms with Gasteiger partial charge in [0.05, 0.1) is 0 Å². The van der Waals surface area contributed by atoms with E-state index in [0.29, 0.717) is 12.1 Å². The minimum atomic E-state index is -0.214. The normalized spacial score (nSPS) is 18.1. The van der Waals surface area contributed by atoms with Gasteiger partial charge in [0, 0.05) is 22.1 Å². The maximum atomic E-state index is 12.2. The lowest BCUT2D eigenvalue weighted by atomic mass is 9.82. The zero-order chi connectivity index (χ0) is 13.9. The van der Waals surface area contributed by atoms with Crippen molar-refractivity contribution in [3.63, 3.8) is 0 Å². The molecule has 0 bridgehead atoms. The van der Waals surface area contributed by atoms with Crippen LogP contribution in [0.4, 0.5) is 0 Å². The van der Waals surface area contributed by atoms with Crippen molar-refractivity contribution in [2.75, 3.05) is 6.54 Å². The summed E-state index contributed by atoms with van der Waals surface area (Å²) in [6.07, 6.45) is 5.61. The van der Waals surface area contributed by atoms with Crippen molar-refractivity contribution in [1.82, 2.24) is 5.32 Å². The zero-order valence-corrected chi connectivity index (χ0v) is 12.9.